The van der Waals surface area contributed by atoms with Crippen LogP contribution in [0.2, 0.25) is 5.02 Å². The number of carboxylic acid groups (broad SMARTS) is 1. The van der Waals surface area contributed by atoms with Gasteiger partial charge in [-0.05, 0) is 30.2 Å². The summed E-state index contributed by atoms with van der Waals surface area (Å²) in [6.45, 7) is 1.74. The zero-order chi connectivity index (χ0) is 11.4. The van der Waals surface area contributed by atoms with Gasteiger partial charge in [0, 0.05) is 5.57 Å². The predicted octanol–water partition coefficient (Wildman–Crippen LogP) is 3.36. The van der Waals surface area contributed by atoms with Crippen molar-refractivity contribution in [2.24, 2.45) is 0 Å². The zero-order valence-electron chi connectivity index (χ0n) is 8.13. The average molecular weight is 229 g/mol. The van der Waals surface area contributed by atoms with Gasteiger partial charge in [-0.3, -0.25) is 0 Å². The molecule has 1 rings (SSSR count). The second-order valence-electron chi connectivity index (χ2n) is 3.00. The van der Waals surface area contributed by atoms with Crippen molar-refractivity contribution in [2.45, 2.75) is 13.3 Å². The van der Waals surface area contributed by atoms with Gasteiger partial charge in [0.05, 0.1) is 5.02 Å². The number of aliphatic carboxylic acids is 1. The van der Waals surface area contributed by atoms with Gasteiger partial charge in [-0.1, -0.05) is 24.6 Å². The van der Waals surface area contributed by atoms with E-state index in [1.807, 2.05) is 0 Å². The third kappa shape index (κ3) is 3.06. The van der Waals surface area contributed by atoms with Gasteiger partial charge in [0.1, 0.15) is 5.82 Å². The van der Waals surface area contributed by atoms with E-state index in [0.717, 1.165) is 0 Å². The predicted molar refractivity (Wildman–Crippen MR) is 57.3 cm³/mol. The van der Waals surface area contributed by atoms with Gasteiger partial charge in [-0.2, -0.15) is 0 Å². The van der Waals surface area contributed by atoms with Crippen molar-refractivity contribution in [3.8, 4) is 0 Å². The van der Waals surface area contributed by atoms with E-state index >= 15 is 0 Å². The summed E-state index contributed by atoms with van der Waals surface area (Å²) in [7, 11) is 0. The summed E-state index contributed by atoms with van der Waals surface area (Å²) in [5.41, 5.74) is 0.846. The lowest BCUT2D eigenvalue weighted by molar-refractivity contribution is -0.132. The van der Waals surface area contributed by atoms with E-state index in [1.165, 1.54) is 24.3 Å². The van der Waals surface area contributed by atoms with Crippen LogP contribution in [0.15, 0.2) is 23.8 Å². The maximum atomic E-state index is 12.8. The van der Waals surface area contributed by atoms with Crippen molar-refractivity contribution in [3.63, 3.8) is 0 Å². The molecule has 0 atom stereocenters. The summed E-state index contributed by atoms with van der Waals surface area (Å²) >= 11 is 5.57. The summed E-state index contributed by atoms with van der Waals surface area (Å²) in [6, 6.07) is 4.10. The van der Waals surface area contributed by atoms with Crippen LogP contribution in [0.25, 0.3) is 6.08 Å². The van der Waals surface area contributed by atoms with Crippen molar-refractivity contribution in [3.05, 3.63) is 40.2 Å². The number of benzene rings is 1. The molecule has 0 heterocycles. The maximum absolute atomic E-state index is 12.8. The molecule has 0 aromatic heterocycles. The highest BCUT2D eigenvalue weighted by molar-refractivity contribution is 6.30. The van der Waals surface area contributed by atoms with Gasteiger partial charge in [0.15, 0.2) is 0 Å². The van der Waals surface area contributed by atoms with Gasteiger partial charge < -0.3 is 5.11 Å². The Labute approximate surface area is 92.0 Å². The van der Waals surface area contributed by atoms with Crippen molar-refractivity contribution in [1.82, 2.24) is 0 Å². The Morgan fingerprint density at radius 1 is 1.60 bits per heavy atom. The van der Waals surface area contributed by atoms with Crippen LogP contribution in [0.3, 0.4) is 0 Å². The molecule has 0 fully saturated rings. The number of carboxylic acids is 1. The molecule has 1 aromatic rings. The average Bonchev–Trinajstić information content (AvgIpc) is 2.19. The number of carbonyl (C=O) groups is 1. The minimum absolute atomic E-state index is 0.00964. The van der Waals surface area contributed by atoms with Gasteiger partial charge in [0.25, 0.3) is 0 Å². The maximum Gasteiger partial charge on any atom is 0.331 e. The van der Waals surface area contributed by atoms with E-state index in [4.69, 9.17) is 16.7 Å². The molecule has 0 amide bonds. The lowest BCUT2D eigenvalue weighted by Crippen LogP contribution is -1.98. The van der Waals surface area contributed by atoms with E-state index in [1.54, 1.807) is 6.92 Å². The van der Waals surface area contributed by atoms with Crippen LogP contribution in [0.4, 0.5) is 4.39 Å². The Balaban J connectivity index is 3.07. The molecule has 0 aliphatic carbocycles. The number of rotatable bonds is 3. The van der Waals surface area contributed by atoms with Gasteiger partial charge in [-0.15, -0.1) is 0 Å². The summed E-state index contributed by atoms with van der Waals surface area (Å²) in [4.78, 5) is 10.7. The fourth-order valence-corrected chi connectivity index (χ4v) is 1.31. The van der Waals surface area contributed by atoms with E-state index in [0.29, 0.717) is 12.0 Å². The zero-order valence-corrected chi connectivity index (χ0v) is 8.88. The number of halogens is 2. The van der Waals surface area contributed by atoms with Crippen LogP contribution in [-0.4, -0.2) is 11.1 Å². The van der Waals surface area contributed by atoms with Crippen LogP contribution in [0.1, 0.15) is 18.9 Å². The first-order valence-corrected chi connectivity index (χ1v) is 4.81. The minimum atomic E-state index is -0.974. The first kappa shape index (κ1) is 11.7. The second kappa shape index (κ2) is 4.94. The van der Waals surface area contributed by atoms with E-state index in [-0.39, 0.29) is 10.6 Å². The Hall–Kier alpha value is -1.35. The fraction of sp³-hybridized carbons (Fsp3) is 0.182. The SMILES string of the molecule is CC/C(=C\c1ccc(F)c(Cl)c1)C(=O)O. The van der Waals surface area contributed by atoms with Crippen LogP contribution < -0.4 is 0 Å². The summed E-state index contributed by atoms with van der Waals surface area (Å²) in [5.74, 6) is -1.49. The highest BCUT2D eigenvalue weighted by Crippen LogP contribution is 2.18. The molecule has 0 unspecified atom stereocenters. The van der Waals surface area contributed by atoms with Crippen molar-refractivity contribution in [2.75, 3.05) is 0 Å². The standard InChI is InChI=1S/C11H10ClFO2/c1-2-8(11(14)15)5-7-3-4-10(13)9(12)6-7/h3-6H,2H2,1H3,(H,14,15)/b8-5+. The highest BCUT2D eigenvalue weighted by atomic mass is 35.5. The Kier molecular flexibility index (Phi) is 3.86. The quantitative estimate of drug-likeness (QED) is 0.806. The molecule has 1 N–H and O–H groups in total. The third-order valence-corrected chi connectivity index (χ3v) is 2.23. The minimum Gasteiger partial charge on any atom is -0.478 e. The first-order valence-electron chi connectivity index (χ1n) is 4.43. The van der Waals surface area contributed by atoms with Gasteiger partial charge in [0.2, 0.25) is 0 Å². The summed E-state index contributed by atoms with van der Waals surface area (Å²) in [5, 5.41) is 8.77. The molecule has 0 saturated heterocycles. The van der Waals surface area contributed by atoms with Crippen LogP contribution in [0, 0.1) is 5.82 Å². The lowest BCUT2D eigenvalue weighted by atomic mass is 10.1. The molecule has 0 aliphatic heterocycles. The molecule has 0 bridgehead atoms. The van der Waals surface area contributed by atoms with Crippen molar-refractivity contribution < 1.29 is 14.3 Å². The second-order valence-corrected chi connectivity index (χ2v) is 3.41. The Morgan fingerprint density at radius 3 is 2.73 bits per heavy atom. The van der Waals surface area contributed by atoms with Crippen molar-refractivity contribution >= 4 is 23.6 Å². The topological polar surface area (TPSA) is 37.3 Å². The normalized spacial score (nSPS) is 11.5. The molecule has 0 radical (unpaired) electrons. The van der Waals surface area contributed by atoms with Crippen LogP contribution in [-0.2, 0) is 4.79 Å². The monoisotopic (exact) mass is 228 g/mol. The molecule has 0 saturated carbocycles. The smallest absolute Gasteiger partial charge is 0.331 e. The molecular weight excluding hydrogens is 219 g/mol. The fourth-order valence-electron chi connectivity index (χ4n) is 1.12. The highest BCUT2D eigenvalue weighted by Gasteiger charge is 2.05. The van der Waals surface area contributed by atoms with Crippen LogP contribution >= 0.6 is 11.6 Å². The summed E-state index contributed by atoms with van der Waals surface area (Å²) < 4.78 is 12.8. The lowest BCUT2D eigenvalue weighted by Gasteiger charge is -2.00. The molecule has 0 spiro atoms. The molecule has 4 heteroatoms. The molecule has 2 nitrogen and oxygen atoms in total. The Bertz CT molecular complexity index is 413. The van der Waals surface area contributed by atoms with Crippen LogP contribution in [0.5, 0.6) is 0 Å². The largest absolute Gasteiger partial charge is 0.478 e. The van der Waals surface area contributed by atoms with E-state index < -0.39 is 11.8 Å². The van der Waals surface area contributed by atoms with Crippen molar-refractivity contribution in [1.29, 1.82) is 0 Å². The molecule has 15 heavy (non-hydrogen) atoms. The first-order chi connectivity index (χ1) is 7.04. The van der Waals surface area contributed by atoms with Gasteiger partial charge in [-0.25, -0.2) is 9.18 Å². The van der Waals surface area contributed by atoms with E-state index in [9.17, 15) is 9.18 Å². The number of hydrogen-bond acceptors (Lipinski definition) is 1. The molecule has 1 aromatic carbocycles. The van der Waals surface area contributed by atoms with E-state index in [2.05, 4.69) is 0 Å². The Morgan fingerprint density at radius 2 is 2.27 bits per heavy atom. The third-order valence-electron chi connectivity index (χ3n) is 1.94. The molecular formula is C11H10ClFO2. The molecule has 80 valence electrons. The summed E-state index contributed by atoms with van der Waals surface area (Å²) in [6.07, 6.45) is 1.89. The number of hydrogen-bond donors (Lipinski definition) is 1. The molecule has 0 aliphatic rings. The van der Waals surface area contributed by atoms with Gasteiger partial charge >= 0.3 is 5.97 Å².